The summed E-state index contributed by atoms with van der Waals surface area (Å²) in [5.74, 6) is 0. The second kappa shape index (κ2) is 7.89. The Morgan fingerprint density at radius 3 is 2.14 bits per heavy atom. The molecule has 0 radical (unpaired) electrons. The molecule has 1 unspecified atom stereocenters. The minimum absolute atomic E-state index is 0.0460. The lowest BCUT2D eigenvalue weighted by Gasteiger charge is -2.22. The molecule has 0 fully saturated rings. The molecule has 1 atom stereocenters. The number of nitrogens with one attached hydrogen (secondary N) is 2. The van der Waals surface area contributed by atoms with E-state index in [9.17, 15) is 26.3 Å². The van der Waals surface area contributed by atoms with Crippen molar-refractivity contribution in [2.24, 2.45) is 0 Å². The molecule has 3 rings (SSSR count). The average Bonchev–Trinajstić information content (AvgIpc) is 2.80. The summed E-state index contributed by atoms with van der Waals surface area (Å²) >= 11 is 0. The molecule has 2 aromatic rings. The van der Waals surface area contributed by atoms with E-state index in [1.165, 1.54) is 0 Å². The lowest BCUT2D eigenvalue weighted by molar-refractivity contribution is -0.143. The predicted octanol–water partition coefficient (Wildman–Crippen LogP) is 6.38. The Balaban J connectivity index is 1.90. The van der Waals surface area contributed by atoms with E-state index < -0.39 is 23.5 Å². The third-order valence-corrected chi connectivity index (χ3v) is 5.06. The van der Waals surface area contributed by atoms with Gasteiger partial charge in [0.1, 0.15) is 0 Å². The summed E-state index contributed by atoms with van der Waals surface area (Å²) < 4.78 is 78.4. The zero-order valence-electron chi connectivity index (χ0n) is 16.1. The summed E-state index contributed by atoms with van der Waals surface area (Å²) in [5.41, 5.74) is 1.45. The van der Waals surface area contributed by atoms with Crippen LogP contribution in [-0.4, -0.2) is 6.54 Å². The molecule has 1 aliphatic heterocycles. The van der Waals surface area contributed by atoms with Crippen molar-refractivity contribution in [1.82, 2.24) is 5.32 Å². The Hall–Kier alpha value is -2.22. The first kappa shape index (κ1) is 21.5. The predicted molar refractivity (Wildman–Crippen MR) is 99.7 cm³/mol. The molecule has 1 aliphatic rings. The molecule has 0 spiro atoms. The van der Waals surface area contributed by atoms with E-state index >= 15 is 0 Å². The first-order chi connectivity index (χ1) is 13.4. The molecule has 158 valence electrons. The largest absolute Gasteiger partial charge is 0.416 e. The van der Waals surface area contributed by atoms with Crippen LogP contribution < -0.4 is 10.6 Å². The maximum Gasteiger partial charge on any atom is 0.416 e. The molecule has 0 saturated heterocycles. The first-order valence-corrected chi connectivity index (χ1v) is 9.32. The van der Waals surface area contributed by atoms with Gasteiger partial charge in [0.2, 0.25) is 0 Å². The molecule has 1 heterocycles. The van der Waals surface area contributed by atoms with Crippen LogP contribution in [-0.2, 0) is 18.9 Å². The zero-order chi connectivity index (χ0) is 21.4. The average molecular weight is 416 g/mol. The second-order valence-electron chi connectivity index (χ2n) is 7.46. The second-order valence-corrected chi connectivity index (χ2v) is 7.46. The standard InChI is InChI=1S/C21H22F6N2/c1-12-6-13(2)19-17(7-12)18(4-3-5-28-19)29-11-14-8-15(20(22,23)24)10-16(9-14)21(25,26)27/h6-10,18,28-29H,3-5,11H2,1-2H3. The van der Waals surface area contributed by atoms with Gasteiger partial charge >= 0.3 is 12.4 Å². The monoisotopic (exact) mass is 416 g/mol. The van der Waals surface area contributed by atoms with Crippen molar-refractivity contribution in [3.05, 3.63) is 63.7 Å². The van der Waals surface area contributed by atoms with Gasteiger partial charge in [-0.05, 0) is 61.6 Å². The van der Waals surface area contributed by atoms with Gasteiger partial charge in [0.15, 0.2) is 0 Å². The third kappa shape index (κ3) is 5.04. The lowest BCUT2D eigenvalue weighted by atomic mass is 9.96. The minimum atomic E-state index is -4.84. The van der Waals surface area contributed by atoms with Crippen molar-refractivity contribution in [2.75, 3.05) is 11.9 Å². The normalized spacial score (nSPS) is 17.4. The number of fused-ring (bicyclic) bond motifs is 1. The van der Waals surface area contributed by atoms with Crippen molar-refractivity contribution >= 4 is 5.69 Å². The molecular formula is C21H22F6N2. The highest BCUT2D eigenvalue weighted by molar-refractivity contribution is 5.60. The molecule has 2 N–H and O–H groups in total. The van der Waals surface area contributed by atoms with Crippen LogP contribution in [0.2, 0.25) is 0 Å². The highest BCUT2D eigenvalue weighted by Crippen LogP contribution is 2.37. The summed E-state index contributed by atoms with van der Waals surface area (Å²) in [5, 5.41) is 6.54. The number of anilines is 1. The Morgan fingerprint density at radius 1 is 0.931 bits per heavy atom. The van der Waals surface area contributed by atoms with Crippen LogP contribution in [0.15, 0.2) is 30.3 Å². The third-order valence-electron chi connectivity index (χ3n) is 5.06. The summed E-state index contributed by atoms with van der Waals surface area (Å²) in [4.78, 5) is 0. The molecule has 0 aliphatic carbocycles. The summed E-state index contributed by atoms with van der Waals surface area (Å²) in [6.07, 6.45) is -8.12. The first-order valence-electron chi connectivity index (χ1n) is 9.32. The van der Waals surface area contributed by atoms with Gasteiger partial charge in [0, 0.05) is 24.8 Å². The van der Waals surface area contributed by atoms with Crippen molar-refractivity contribution in [3.63, 3.8) is 0 Å². The summed E-state index contributed by atoms with van der Waals surface area (Å²) in [7, 11) is 0. The van der Waals surface area contributed by atoms with Gasteiger partial charge in [-0.3, -0.25) is 0 Å². The van der Waals surface area contributed by atoms with Crippen LogP contribution in [0.25, 0.3) is 0 Å². The molecule has 2 nitrogen and oxygen atoms in total. The number of alkyl halides is 6. The molecule has 0 aromatic heterocycles. The number of halogens is 6. The van der Waals surface area contributed by atoms with Gasteiger partial charge in [-0.15, -0.1) is 0 Å². The van der Waals surface area contributed by atoms with Crippen LogP contribution in [0.3, 0.4) is 0 Å². The minimum Gasteiger partial charge on any atom is -0.385 e. The Labute approximate surface area is 165 Å². The van der Waals surface area contributed by atoms with Crippen molar-refractivity contribution in [3.8, 4) is 0 Å². The quantitative estimate of drug-likeness (QED) is 0.568. The van der Waals surface area contributed by atoms with E-state index in [1.54, 1.807) is 0 Å². The van der Waals surface area contributed by atoms with Gasteiger partial charge < -0.3 is 10.6 Å². The zero-order valence-corrected chi connectivity index (χ0v) is 16.1. The Bertz CT molecular complexity index is 854. The highest BCUT2D eigenvalue weighted by Gasteiger charge is 2.37. The maximum absolute atomic E-state index is 13.1. The summed E-state index contributed by atoms with van der Waals surface area (Å²) in [6, 6.07) is 5.59. The van der Waals surface area contributed by atoms with Gasteiger partial charge in [-0.25, -0.2) is 0 Å². The van der Waals surface area contributed by atoms with Crippen LogP contribution in [0, 0.1) is 13.8 Å². The highest BCUT2D eigenvalue weighted by atomic mass is 19.4. The van der Waals surface area contributed by atoms with Crippen molar-refractivity contribution in [2.45, 2.75) is 51.6 Å². The fraction of sp³-hybridized carbons (Fsp3) is 0.429. The van der Waals surface area contributed by atoms with E-state index in [0.717, 1.165) is 53.9 Å². The number of hydrogen-bond acceptors (Lipinski definition) is 2. The van der Waals surface area contributed by atoms with Crippen LogP contribution in [0.5, 0.6) is 0 Å². The maximum atomic E-state index is 13.1. The molecule has 0 amide bonds. The topological polar surface area (TPSA) is 24.1 Å². The van der Waals surface area contributed by atoms with E-state index in [0.29, 0.717) is 0 Å². The van der Waals surface area contributed by atoms with Gasteiger partial charge in [0.25, 0.3) is 0 Å². The Morgan fingerprint density at radius 2 is 1.55 bits per heavy atom. The Kier molecular flexibility index (Phi) is 5.85. The smallest absolute Gasteiger partial charge is 0.385 e. The number of aryl methyl sites for hydroxylation is 2. The van der Waals surface area contributed by atoms with Gasteiger partial charge in [-0.1, -0.05) is 17.7 Å². The molecule has 8 heteroatoms. The van der Waals surface area contributed by atoms with E-state index in [2.05, 4.69) is 10.6 Å². The fourth-order valence-electron chi connectivity index (χ4n) is 3.77. The molecule has 0 saturated carbocycles. The van der Waals surface area contributed by atoms with Crippen molar-refractivity contribution < 1.29 is 26.3 Å². The number of benzene rings is 2. The van der Waals surface area contributed by atoms with Crippen LogP contribution >= 0.6 is 0 Å². The fourth-order valence-corrected chi connectivity index (χ4v) is 3.77. The lowest BCUT2D eigenvalue weighted by Crippen LogP contribution is -2.22. The molecule has 29 heavy (non-hydrogen) atoms. The molecule has 2 aromatic carbocycles. The number of rotatable bonds is 3. The number of hydrogen-bond donors (Lipinski definition) is 2. The molecule has 0 bridgehead atoms. The summed E-state index contributed by atoms with van der Waals surface area (Å²) in [6.45, 7) is 4.60. The van der Waals surface area contributed by atoms with E-state index in [4.69, 9.17) is 0 Å². The van der Waals surface area contributed by atoms with Gasteiger partial charge in [-0.2, -0.15) is 26.3 Å². The van der Waals surface area contributed by atoms with E-state index in [-0.39, 0.29) is 24.2 Å². The van der Waals surface area contributed by atoms with E-state index in [1.807, 2.05) is 26.0 Å². The van der Waals surface area contributed by atoms with Crippen LogP contribution in [0.1, 0.15) is 52.3 Å². The van der Waals surface area contributed by atoms with Crippen LogP contribution in [0.4, 0.5) is 32.0 Å². The van der Waals surface area contributed by atoms with Gasteiger partial charge in [0.05, 0.1) is 11.1 Å². The SMILES string of the molecule is Cc1cc(C)c2c(c1)C(NCc1cc(C(F)(F)F)cc(C(F)(F)F)c1)CCCN2. The van der Waals surface area contributed by atoms with Crippen molar-refractivity contribution in [1.29, 1.82) is 0 Å². The molecular weight excluding hydrogens is 394 g/mol.